The molecule has 0 spiro atoms. The highest BCUT2D eigenvalue weighted by molar-refractivity contribution is 7.20. The molecule has 6 heteroatoms. The summed E-state index contributed by atoms with van der Waals surface area (Å²) in [6.45, 7) is 2.22. The van der Waals surface area contributed by atoms with Gasteiger partial charge < -0.3 is 10.6 Å². The quantitative estimate of drug-likeness (QED) is 0.944. The molecule has 19 heavy (non-hydrogen) atoms. The third kappa shape index (κ3) is 2.56. The molecule has 1 amide bonds. The number of nitrogens with two attached hydrogens (primary N) is 1. The highest BCUT2D eigenvalue weighted by Crippen LogP contribution is 2.28. The number of hydrogen-bond acceptors (Lipinski definition) is 5. The van der Waals surface area contributed by atoms with Gasteiger partial charge in [-0.3, -0.25) is 4.79 Å². The number of nitrogens with zero attached hydrogens (tertiary/aromatic N) is 2. The van der Waals surface area contributed by atoms with E-state index in [1.807, 2.05) is 27.8 Å². The lowest BCUT2D eigenvalue weighted by Crippen LogP contribution is -2.30. The van der Waals surface area contributed by atoms with Crippen molar-refractivity contribution in [1.82, 2.24) is 9.88 Å². The number of aromatic nitrogens is 1. The summed E-state index contributed by atoms with van der Waals surface area (Å²) >= 11 is 3.17. The van der Waals surface area contributed by atoms with E-state index in [0.29, 0.717) is 18.2 Å². The molecule has 0 bridgehead atoms. The van der Waals surface area contributed by atoms with Crippen LogP contribution in [0.25, 0.3) is 9.88 Å². The third-order valence-corrected chi connectivity index (χ3v) is 5.24. The molecule has 1 saturated heterocycles. The highest BCUT2D eigenvalue weighted by atomic mass is 32.1. The SMILES string of the molecule is NCC1CCN(C(=O)c2csc(-c3cccs3)n2)C1. The number of rotatable bonds is 3. The second kappa shape index (κ2) is 5.40. The first-order chi connectivity index (χ1) is 9.28. The minimum Gasteiger partial charge on any atom is -0.337 e. The van der Waals surface area contributed by atoms with Crippen molar-refractivity contribution in [1.29, 1.82) is 0 Å². The topological polar surface area (TPSA) is 59.2 Å². The van der Waals surface area contributed by atoms with E-state index in [-0.39, 0.29) is 5.91 Å². The Morgan fingerprint density at radius 3 is 3.11 bits per heavy atom. The van der Waals surface area contributed by atoms with E-state index in [4.69, 9.17) is 5.73 Å². The first kappa shape index (κ1) is 12.8. The summed E-state index contributed by atoms with van der Waals surface area (Å²) < 4.78 is 0. The Kier molecular flexibility index (Phi) is 3.63. The van der Waals surface area contributed by atoms with Gasteiger partial charge in [0, 0.05) is 18.5 Å². The van der Waals surface area contributed by atoms with Gasteiger partial charge in [0.2, 0.25) is 0 Å². The minimum atomic E-state index is 0.0370. The average molecular weight is 293 g/mol. The van der Waals surface area contributed by atoms with Gasteiger partial charge in [0.05, 0.1) is 4.88 Å². The summed E-state index contributed by atoms with van der Waals surface area (Å²) in [6.07, 6.45) is 1.00. The van der Waals surface area contributed by atoms with Gasteiger partial charge in [-0.15, -0.1) is 22.7 Å². The van der Waals surface area contributed by atoms with Crippen molar-refractivity contribution in [2.45, 2.75) is 6.42 Å². The molecular weight excluding hydrogens is 278 g/mol. The van der Waals surface area contributed by atoms with Crippen LogP contribution < -0.4 is 5.73 Å². The highest BCUT2D eigenvalue weighted by Gasteiger charge is 2.27. The van der Waals surface area contributed by atoms with Gasteiger partial charge in [-0.1, -0.05) is 6.07 Å². The van der Waals surface area contributed by atoms with Crippen LogP contribution >= 0.6 is 22.7 Å². The lowest BCUT2D eigenvalue weighted by Gasteiger charge is -2.14. The molecule has 100 valence electrons. The normalized spacial score (nSPS) is 19.0. The maximum Gasteiger partial charge on any atom is 0.273 e. The second-order valence-corrected chi connectivity index (χ2v) is 6.46. The molecular formula is C13H15N3OS2. The van der Waals surface area contributed by atoms with E-state index in [2.05, 4.69) is 4.98 Å². The molecule has 1 fully saturated rings. The predicted molar refractivity (Wildman–Crippen MR) is 78.5 cm³/mol. The molecule has 3 heterocycles. The molecule has 3 rings (SSSR count). The summed E-state index contributed by atoms with van der Waals surface area (Å²) in [6, 6.07) is 4.02. The molecule has 1 aliphatic rings. The van der Waals surface area contributed by atoms with Crippen molar-refractivity contribution in [3.63, 3.8) is 0 Å². The Bertz CT molecular complexity index is 564. The van der Waals surface area contributed by atoms with Gasteiger partial charge in [-0.2, -0.15) is 0 Å². The molecule has 2 aromatic heterocycles. The standard InChI is InChI=1S/C13H15N3OS2/c14-6-9-3-4-16(7-9)13(17)10-8-19-12(15-10)11-2-1-5-18-11/h1-2,5,8-9H,3-4,6-7,14H2. The first-order valence-corrected chi connectivity index (χ1v) is 8.02. The van der Waals surface area contributed by atoms with Crippen molar-refractivity contribution < 1.29 is 4.79 Å². The zero-order valence-corrected chi connectivity index (χ0v) is 12.0. The van der Waals surface area contributed by atoms with Crippen LogP contribution in [0.2, 0.25) is 0 Å². The largest absolute Gasteiger partial charge is 0.337 e. The fourth-order valence-corrected chi connectivity index (χ4v) is 3.86. The molecule has 2 N–H and O–H groups in total. The fraction of sp³-hybridized carbons (Fsp3) is 0.385. The molecule has 0 radical (unpaired) electrons. The van der Waals surface area contributed by atoms with E-state index in [9.17, 15) is 4.79 Å². The summed E-state index contributed by atoms with van der Waals surface area (Å²) in [5.41, 5.74) is 6.21. The maximum absolute atomic E-state index is 12.3. The van der Waals surface area contributed by atoms with Crippen LogP contribution in [0, 0.1) is 5.92 Å². The van der Waals surface area contributed by atoms with E-state index in [0.717, 1.165) is 29.4 Å². The summed E-state index contributed by atoms with van der Waals surface area (Å²) in [4.78, 5) is 19.8. The van der Waals surface area contributed by atoms with Crippen LogP contribution in [0.4, 0.5) is 0 Å². The van der Waals surface area contributed by atoms with Crippen molar-refractivity contribution in [3.8, 4) is 9.88 Å². The van der Waals surface area contributed by atoms with Gasteiger partial charge >= 0.3 is 0 Å². The summed E-state index contributed by atoms with van der Waals surface area (Å²) in [5, 5.41) is 4.80. The van der Waals surface area contributed by atoms with Gasteiger partial charge in [0.15, 0.2) is 0 Å². The van der Waals surface area contributed by atoms with Crippen LogP contribution in [0.1, 0.15) is 16.9 Å². The molecule has 0 aliphatic carbocycles. The van der Waals surface area contributed by atoms with E-state index >= 15 is 0 Å². The minimum absolute atomic E-state index is 0.0370. The lowest BCUT2D eigenvalue weighted by molar-refractivity contribution is 0.0783. The van der Waals surface area contributed by atoms with E-state index in [1.54, 1.807) is 11.3 Å². The van der Waals surface area contributed by atoms with Crippen LogP contribution in [0.5, 0.6) is 0 Å². The van der Waals surface area contributed by atoms with E-state index in [1.165, 1.54) is 11.3 Å². The monoisotopic (exact) mass is 293 g/mol. The molecule has 1 aliphatic heterocycles. The van der Waals surface area contributed by atoms with Gasteiger partial charge in [0.1, 0.15) is 10.7 Å². The van der Waals surface area contributed by atoms with Gasteiger partial charge in [-0.05, 0) is 30.3 Å². The van der Waals surface area contributed by atoms with Crippen LogP contribution in [-0.2, 0) is 0 Å². The number of thiophene rings is 1. The van der Waals surface area contributed by atoms with E-state index < -0.39 is 0 Å². The van der Waals surface area contributed by atoms with Crippen LogP contribution in [0.15, 0.2) is 22.9 Å². The molecule has 1 unspecified atom stereocenters. The van der Waals surface area contributed by atoms with Gasteiger partial charge in [0.25, 0.3) is 5.91 Å². The Hall–Kier alpha value is -1.24. The Morgan fingerprint density at radius 1 is 1.53 bits per heavy atom. The Labute approximate surface area is 119 Å². The number of carbonyl (C=O) groups excluding carboxylic acids is 1. The fourth-order valence-electron chi connectivity index (χ4n) is 2.26. The molecule has 0 saturated carbocycles. The number of likely N-dealkylation sites (tertiary alicyclic amines) is 1. The molecule has 1 atom stereocenters. The third-order valence-electron chi connectivity index (χ3n) is 3.36. The number of carbonyl (C=O) groups is 1. The smallest absolute Gasteiger partial charge is 0.273 e. The zero-order valence-electron chi connectivity index (χ0n) is 10.4. The second-order valence-electron chi connectivity index (χ2n) is 4.66. The lowest BCUT2D eigenvalue weighted by atomic mass is 10.1. The molecule has 4 nitrogen and oxygen atoms in total. The zero-order chi connectivity index (χ0) is 13.2. The van der Waals surface area contributed by atoms with Crippen molar-refractivity contribution in [2.24, 2.45) is 11.7 Å². The molecule has 0 aromatic carbocycles. The average Bonchev–Trinajstić information content (AvgIpc) is 3.16. The van der Waals surface area contributed by atoms with Crippen molar-refractivity contribution in [2.75, 3.05) is 19.6 Å². The summed E-state index contributed by atoms with van der Waals surface area (Å²) in [5.74, 6) is 0.481. The number of hydrogen-bond donors (Lipinski definition) is 1. The predicted octanol–water partition coefficient (Wildman–Crippen LogP) is 2.29. The number of amides is 1. The van der Waals surface area contributed by atoms with Crippen LogP contribution in [-0.4, -0.2) is 35.4 Å². The van der Waals surface area contributed by atoms with Crippen molar-refractivity contribution in [3.05, 3.63) is 28.6 Å². The summed E-state index contributed by atoms with van der Waals surface area (Å²) in [7, 11) is 0. The Balaban J connectivity index is 1.74. The van der Waals surface area contributed by atoms with Crippen LogP contribution in [0.3, 0.4) is 0 Å². The molecule has 2 aromatic rings. The Morgan fingerprint density at radius 2 is 2.42 bits per heavy atom. The number of thiazole rings is 1. The van der Waals surface area contributed by atoms with Crippen molar-refractivity contribution >= 4 is 28.6 Å². The first-order valence-electron chi connectivity index (χ1n) is 6.26. The van der Waals surface area contributed by atoms with Gasteiger partial charge in [-0.25, -0.2) is 4.98 Å². The maximum atomic E-state index is 12.3.